The van der Waals surface area contributed by atoms with E-state index < -0.39 is 6.43 Å². The highest BCUT2D eigenvalue weighted by atomic mass is 19.3. The summed E-state index contributed by atoms with van der Waals surface area (Å²) in [5.74, 6) is 0.533. The maximum Gasteiger partial charge on any atom is 0.278 e. The van der Waals surface area contributed by atoms with Crippen molar-refractivity contribution in [1.29, 1.82) is 0 Å². The molecule has 1 fully saturated rings. The molecule has 2 heterocycles. The fourth-order valence-electron chi connectivity index (χ4n) is 3.50. The standard InChI is InChI=1S/C19H19F2N5/c1-12-5-2-3-6-14(12)19(7-4-8-19)24-18-22-10-13(11-23-18)15-9-16(17(20)21)26-25-15/h2-3,5-6,10-11,17H,4,7-9H2,1H3,(H,22,23,24). The third kappa shape index (κ3) is 2.98. The van der Waals surface area contributed by atoms with Gasteiger partial charge in [0.1, 0.15) is 5.71 Å². The van der Waals surface area contributed by atoms with Gasteiger partial charge in [-0.15, -0.1) is 0 Å². The predicted octanol–water partition coefficient (Wildman–Crippen LogP) is 4.09. The number of aromatic nitrogens is 2. The zero-order valence-corrected chi connectivity index (χ0v) is 14.4. The summed E-state index contributed by atoms with van der Waals surface area (Å²) in [6.45, 7) is 2.11. The van der Waals surface area contributed by atoms with Crippen molar-refractivity contribution in [1.82, 2.24) is 9.97 Å². The molecule has 1 aromatic heterocycles. The molecule has 1 saturated carbocycles. The lowest BCUT2D eigenvalue weighted by Gasteiger charge is -2.44. The van der Waals surface area contributed by atoms with E-state index in [9.17, 15) is 8.78 Å². The van der Waals surface area contributed by atoms with E-state index in [2.05, 4.69) is 44.5 Å². The van der Waals surface area contributed by atoms with E-state index in [1.165, 1.54) is 11.1 Å². The Morgan fingerprint density at radius 2 is 1.81 bits per heavy atom. The topological polar surface area (TPSA) is 62.5 Å². The molecule has 0 radical (unpaired) electrons. The van der Waals surface area contributed by atoms with Gasteiger partial charge in [0, 0.05) is 24.4 Å². The summed E-state index contributed by atoms with van der Waals surface area (Å²) < 4.78 is 25.3. The van der Waals surface area contributed by atoms with Crippen molar-refractivity contribution in [3.63, 3.8) is 0 Å². The second-order valence-electron chi connectivity index (χ2n) is 6.79. The lowest BCUT2D eigenvalue weighted by atomic mass is 9.70. The Balaban J connectivity index is 1.51. The van der Waals surface area contributed by atoms with Gasteiger partial charge in [-0.2, -0.15) is 10.2 Å². The summed E-state index contributed by atoms with van der Waals surface area (Å²) in [6, 6.07) is 8.34. The number of nitrogens with zero attached hydrogens (tertiary/aromatic N) is 4. The van der Waals surface area contributed by atoms with Gasteiger partial charge in [-0.1, -0.05) is 24.3 Å². The van der Waals surface area contributed by atoms with Gasteiger partial charge < -0.3 is 5.32 Å². The summed E-state index contributed by atoms with van der Waals surface area (Å²) in [5.41, 5.74) is 3.26. The van der Waals surface area contributed by atoms with Crippen LogP contribution in [0, 0.1) is 6.92 Å². The first kappa shape index (κ1) is 16.8. The van der Waals surface area contributed by atoms with Crippen molar-refractivity contribution < 1.29 is 8.78 Å². The molecular weight excluding hydrogens is 336 g/mol. The van der Waals surface area contributed by atoms with Crippen molar-refractivity contribution in [2.24, 2.45) is 10.2 Å². The van der Waals surface area contributed by atoms with Crippen molar-refractivity contribution >= 4 is 17.4 Å². The predicted molar refractivity (Wildman–Crippen MR) is 97.0 cm³/mol. The van der Waals surface area contributed by atoms with Crippen molar-refractivity contribution in [3.8, 4) is 0 Å². The molecule has 0 spiro atoms. The Labute approximate surface area is 150 Å². The quantitative estimate of drug-likeness (QED) is 0.879. The van der Waals surface area contributed by atoms with E-state index in [0.29, 0.717) is 17.2 Å². The number of halogens is 2. The fraction of sp³-hybridized carbons (Fsp3) is 0.368. The SMILES string of the molecule is Cc1ccccc1C1(Nc2ncc(C3=NN=C(C(F)F)C3)cn2)CCC1. The minimum Gasteiger partial charge on any atom is -0.345 e. The zero-order valence-electron chi connectivity index (χ0n) is 14.4. The highest BCUT2D eigenvalue weighted by Crippen LogP contribution is 2.44. The Morgan fingerprint density at radius 3 is 2.38 bits per heavy atom. The number of alkyl halides is 2. The van der Waals surface area contributed by atoms with Gasteiger partial charge in [-0.25, -0.2) is 18.7 Å². The first-order valence-electron chi connectivity index (χ1n) is 8.65. The summed E-state index contributed by atoms with van der Waals surface area (Å²) in [6.07, 6.45) is 3.91. The van der Waals surface area contributed by atoms with Crippen molar-refractivity contribution in [2.45, 2.75) is 44.6 Å². The van der Waals surface area contributed by atoms with Crippen LogP contribution in [0.3, 0.4) is 0 Å². The van der Waals surface area contributed by atoms with Crippen LogP contribution in [-0.4, -0.2) is 27.8 Å². The van der Waals surface area contributed by atoms with Crippen LogP contribution in [0.25, 0.3) is 0 Å². The van der Waals surface area contributed by atoms with Gasteiger partial charge in [0.15, 0.2) is 0 Å². The second kappa shape index (κ2) is 6.55. The van der Waals surface area contributed by atoms with E-state index in [0.717, 1.165) is 19.3 Å². The first-order valence-corrected chi connectivity index (χ1v) is 8.65. The van der Waals surface area contributed by atoms with E-state index in [-0.39, 0.29) is 17.7 Å². The maximum atomic E-state index is 12.7. The minimum absolute atomic E-state index is 0.0426. The summed E-state index contributed by atoms with van der Waals surface area (Å²) >= 11 is 0. The molecule has 1 N–H and O–H groups in total. The van der Waals surface area contributed by atoms with Crippen molar-refractivity contribution in [2.75, 3.05) is 5.32 Å². The smallest absolute Gasteiger partial charge is 0.278 e. The third-order valence-corrected chi connectivity index (χ3v) is 5.10. The highest BCUT2D eigenvalue weighted by Gasteiger charge is 2.40. The average molecular weight is 355 g/mol. The Bertz CT molecular complexity index is 870. The molecular formula is C19H19F2N5. The lowest BCUT2D eigenvalue weighted by molar-refractivity contribution is 0.224. The van der Waals surface area contributed by atoms with Gasteiger partial charge >= 0.3 is 0 Å². The summed E-state index contributed by atoms with van der Waals surface area (Å²) in [7, 11) is 0. The highest BCUT2D eigenvalue weighted by molar-refractivity contribution is 6.15. The van der Waals surface area contributed by atoms with Crippen LogP contribution in [-0.2, 0) is 5.54 Å². The number of aryl methyl sites for hydroxylation is 1. The van der Waals surface area contributed by atoms with E-state index >= 15 is 0 Å². The molecule has 0 saturated heterocycles. The molecule has 2 aromatic rings. The van der Waals surface area contributed by atoms with Crippen LogP contribution in [0.5, 0.6) is 0 Å². The van der Waals surface area contributed by atoms with Crippen LogP contribution < -0.4 is 5.32 Å². The van der Waals surface area contributed by atoms with Gasteiger partial charge in [0.25, 0.3) is 6.43 Å². The maximum absolute atomic E-state index is 12.7. The van der Waals surface area contributed by atoms with Crippen LogP contribution in [0.4, 0.5) is 14.7 Å². The molecule has 2 aliphatic rings. The molecule has 4 rings (SSSR count). The molecule has 0 atom stereocenters. The number of hydrogen-bond acceptors (Lipinski definition) is 5. The van der Waals surface area contributed by atoms with Crippen LogP contribution in [0.15, 0.2) is 46.9 Å². The molecule has 1 aromatic carbocycles. The van der Waals surface area contributed by atoms with Crippen molar-refractivity contribution in [3.05, 3.63) is 53.3 Å². The molecule has 1 aliphatic carbocycles. The lowest BCUT2D eigenvalue weighted by Crippen LogP contribution is -2.43. The molecule has 0 unspecified atom stereocenters. The number of rotatable bonds is 5. The average Bonchev–Trinajstić information content (AvgIpc) is 3.10. The summed E-state index contributed by atoms with van der Waals surface area (Å²) in [5, 5.41) is 10.8. The Kier molecular flexibility index (Phi) is 4.22. The molecule has 7 heteroatoms. The second-order valence-corrected chi connectivity index (χ2v) is 6.79. The molecule has 0 bridgehead atoms. The molecule has 134 valence electrons. The van der Waals surface area contributed by atoms with Crippen LogP contribution >= 0.6 is 0 Å². The minimum atomic E-state index is -2.58. The van der Waals surface area contributed by atoms with E-state index in [1.54, 1.807) is 12.4 Å². The number of anilines is 1. The monoisotopic (exact) mass is 355 g/mol. The molecule has 26 heavy (non-hydrogen) atoms. The molecule has 5 nitrogen and oxygen atoms in total. The van der Waals surface area contributed by atoms with E-state index in [1.807, 2.05) is 12.1 Å². The normalized spacial score (nSPS) is 18.3. The number of benzene rings is 1. The van der Waals surface area contributed by atoms with Gasteiger partial charge in [0.05, 0.1) is 11.3 Å². The third-order valence-electron chi connectivity index (χ3n) is 5.10. The number of nitrogens with one attached hydrogen (secondary N) is 1. The molecule has 1 aliphatic heterocycles. The number of hydrogen-bond donors (Lipinski definition) is 1. The summed E-state index contributed by atoms with van der Waals surface area (Å²) in [4.78, 5) is 8.75. The Morgan fingerprint density at radius 1 is 1.08 bits per heavy atom. The first-order chi connectivity index (χ1) is 12.6. The largest absolute Gasteiger partial charge is 0.345 e. The Hall–Kier alpha value is -2.70. The van der Waals surface area contributed by atoms with Gasteiger partial charge in [-0.3, -0.25) is 0 Å². The molecule has 0 amide bonds. The van der Waals surface area contributed by atoms with Gasteiger partial charge in [-0.05, 0) is 37.3 Å². The van der Waals surface area contributed by atoms with Crippen LogP contribution in [0.2, 0.25) is 0 Å². The zero-order chi connectivity index (χ0) is 18.1. The fourth-order valence-corrected chi connectivity index (χ4v) is 3.50. The van der Waals surface area contributed by atoms with Gasteiger partial charge in [0.2, 0.25) is 5.95 Å². The van der Waals surface area contributed by atoms with E-state index in [4.69, 9.17) is 0 Å². The van der Waals surface area contributed by atoms with Crippen LogP contribution in [0.1, 0.15) is 42.4 Å².